The smallest absolute Gasteiger partial charge is 0.120 e. The van der Waals surface area contributed by atoms with Gasteiger partial charge in [-0.15, -0.1) is 0 Å². The van der Waals surface area contributed by atoms with Crippen molar-refractivity contribution in [3.8, 4) is 11.5 Å². The van der Waals surface area contributed by atoms with Crippen LogP contribution in [0.3, 0.4) is 0 Å². The first-order valence-electron chi connectivity index (χ1n) is 6.13. The summed E-state index contributed by atoms with van der Waals surface area (Å²) < 4.78 is 5.37. The van der Waals surface area contributed by atoms with E-state index in [-0.39, 0.29) is 5.75 Å². The normalized spacial score (nSPS) is 10.2. The summed E-state index contributed by atoms with van der Waals surface area (Å²) in [6, 6.07) is 12.7. The van der Waals surface area contributed by atoms with Crippen LogP contribution in [0.1, 0.15) is 12.5 Å². The Bertz CT molecular complexity index is 540. The number of phenolic OH excluding ortho intramolecular Hbond substituents is 1. The average Bonchev–Trinajstić information content (AvgIpc) is 2.42. The van der Waals surface area contributed by atoms with Gasteiger partial charge in [-0.3, -0.25) is 0 Å². The van der Waals surface area contributed by atoms with E-state index in [1.807, 2.05) is 31.2 Å². The molecule has 0 aliphatic rings. The molecule has 0 aliphatic heterocycles. The molecular weight excluding hydrogens is 262 g/mol. The van der Waals surface area contributed by atoms with Crippen molar-refractivity contribution in [2.75, 3.05) is 11.9 Å². The van der Waals surface area contributed by atoms with E-state index in [0.29, 0.717) is 18.2 Å². The van der Waals surface area contributed by atoms with Gasteiger partial charge < -0.3 is 15.2 Å². The standard InChI is InChI=1S/C15H16ClNO2/c1-2-19-14-6-4-13(5-7-14)17-10-11-9-12(16)3-8-15(11)18/h3-9,17-18H,2,10H2,1H3. The number of hydrogen-bond donors (Lipinski definition) is 2. The van der Waals surface area contributed by atoms with Gasteiger partial charge in [0.1, 0.15) is 11.5 Å². The van der Waals surface area contributed by atoms with Crippen molar-refractivity contribution in [1.29, 1.82) is 0 Å². The van der Waals surface area contributed by atoms with Gasteiger partial charge in [-0.2, -0.15) is 0 Å². The lowest BCUT2D eigenvalue weighted by Crippen LogP contribution is -2.00. The van der Waals surface area contributed by atoms with Gasteiger partial charge in [0, 0.05) is 22.8 Å². The Morgan fingerprint density at radius 1 is 1.16 bits per heavy atom. The van der Waals surface area contributed by atoms with Crippen molar-refractivity contribution in [3.05, 3.63) is 53.1 Å². The fraction of sp³-hybridized carbons (Fsp3) is 0.200. The van der Waals surface area contributed by atoms with Crippen LogP contribution in [-0.4, -0.2) is 11.7 Å². The van der Waals surface area contributed by atoms with Crippen LogP contribution in [0.15, 0.2) is 42.5 Å². The van der Waals surface area contributed by atoms with Crippen molar-refractivity contribution >= 4 is 17.3 Å². The Balaban J connectivity index is 2.00. The van der Waals surface area contributed by atoms with Gasteiger partial charge in [-0.25, -0.2) is 0 Å². The first kappa shape index (κ1) is 13.6. The molecule has 2 aromatic carbocycles. The second-order valence-corrected chi connectivity index (χ2v) is 4.52. The van der Waals surface area contributed by atoms with Gasteiger partial charge in [-0.1, -0.05) is 11.6 Å². The molecule has 0 aliphatic carbocycles. The predicted molar refractivity (Wildman–Crippen MR) is 78.1 cm³/mol. The Hall–Kier alpha value is -1.87. The minimum Gasteiger partial charge on any atom is -0.508 e. The van der Waals surface area contributed by atoms with E-state index in [9.17, 15) is 5.11 Å². The number of rotatable bonds is 5. The van der Waals surface area contributed by atoms with Crippen LogP contribution in [0.25, 0.3) is 0 Å². The lowest BCUT2D eigenvalue weighted by molar-refractivity contribution is 0.340. The van der Waals surface area contributed by atoms with Gasteiger partial charge in [0.15, 0.2) is 0 Å². The van der Waals surface area contributed by atoms with Gasteiger partial charge in [0.05, 0.1) is 6.61 Å². The average molecular weight is 278 g/mol. The molecule has 0 bridgehead atoms. The zero-order valence-corrected chi connectivity index (χ0v) is 11.4. The van der Waals surface area contributed by atoms with Crippen LogP contribution >= 0.6 is 11.6 Å². The predicted octanol–water partition coefficient (Wildman–Crippen LogP) is 4.06. The van der Waals surface area contributed by atoms with Crippen molar-refractivity contribution in [1.82, 2.24) is 0 Å². The summed E-state index contributed by atoms with van der Waals surface area (Å²) >= 11 is 5.90. The number of hydrogen-bond acceptors (Lipinski definition) is 3. The third-order valence-corrected chi connectivity index (χ3v) is 2.92. The first-order chi connectivity index (χ1) is 9.19. The van der Waals surface area contributed by atoms with E-state index in [4.69, 9.17) is 16.3 Å². The zero-order valence-electron chi connectivity index (χ0n) is 10.7. The van der Waals surface area contributed by atoms with Crippen LogP contribution in [0.2, 0.25) is 5.02 Å². The van der Waals surface area contributed by atoms with E-state index in [2.05, 4.69) is 5.32 Å². The molecule has 2 aromatic rings. The Kier molecular flexibility index (Phi) is 4.53. The maximum Gasteiger partial charge on any atom is 0.120 e. The third kappa shape index (κ3) is 3.80. The molecule has 2 rings (SSSR count). The Labute approximate surface area is 117 Å². The molecule has 0 radical (unpaired) electrons. The van der Waals surface area contributed by atoms with E-state index >= 15 is 0 Å². The topological polar surface area (TPSA) is 41.5 Å². The summed E-state index contributed by atoms with van der Waals surface area (Å²) in [5.74, 6) is 1.08. The van der Waals surface area contributed by atoms with Crippen molar-refractivity contribution in [2.45, 2.75) is 13.5 Å². The summed E-state index contributed by atoms with van der Waals surface area (Å²) in [7, 11) is 0. The molecule has 0 aromatic heterocycles. The number of anilines is 1. The van der Waals surface area contributed by atoms with Crippen molar-refractivity contribution in [2.24, 2.45) is 0 Å². The van der Waals surface area contributed by atoms with E-state index in [1.54, 1.807) is 18.2 Å². The lowest BCUT2D eigenvalue weighted by atomic mass is 10.2. The highest BCUT2D eigenvalue weighted by molar-refractivity contribution is 6.30. The van der Waals surface area contributed by atoms with Crippen LogP contribution in [0.5, 0.6) is 11.5 Å². The fourth-order valence-electron chi connectivity index (χ4n) is 1.73. The summed E-state index contributed by atoms with van der Waals surface area (Å²) in [5, 5.41) is 13.5. The van der Waals surface area contributed by atoms with Gasteiger partial charge in [-0.05, 0) is 49.4 Å². The number of aromatic hydroxyl groups is 1. The largest absolute Gasteiger partial charge is 0.508 e. The molecule has 0 unspecified atom stereocenters. The van der Waals surface area contributed by atoms with Gasteiger partial charge >= 0.3 is 0 Å². The van der Waals surface area contributed by atoms with Crippen LogP contribution in [0, 0.1) is 0 Å². The number of phenols is 1. The molecule has 0 amide bonds. The zero-order chi connectivity index (χ0) is 13.7. The van der Waals surface area contributed by atoms with Gasteiger partial charge in [0.2, 0.25) is 0 Å². The summed E-state index contributed by atoms with van der Waals surface area (Å²) in [5.41, 5.74) is 1.73. The summed E-state index contributed by atoms with van der Waals surface area (Å²) in [6.07, 6.45) is 0. The highest BCUT2D eigenvalue weighted by atomic mass is 35.5. The number of halogens is 1. The molecule has 4 heteroatoms. The molecule has 0 heterocycles. The van der Waals surface area contributed by atoms with Crippen LogP contribution in [0.4, 0.5) is 5.69 Å². The first-order valence-corrected chi connectivity index (χ1v) is 6.51. The van der Waals surface area contributed by atoms with Crippen LogP contribution < -0.4 is 10.1 Å². The summed E-state index contributed by atoms with van der Waals surface area (Å²) in [6.45, 7) is 3.12. The number of ether oxygens (including phenoxy) is 1. The molecule has 100 valence electrons. The summed E-state index contributed by atoms with van der Waals surface area (Å²) in [4.78, 5) is 0. The molecule has 0 atom stereocenters. The molecule has 0 fully saturated rings. The Morgan fingerprint density at radius 3 is 2.58 bits per heavy atom. The molecule has 2 N–H and O–H groups in total. The van der Waals surface area contributed by atoms with Crippen molar-refractivity contribution in [3.63, 3.8) is 0 Å². The minimum atomic E-state index is 0.239. The Morgan fingerprint density at radius 2 is 1.89 bits per heavy atom. The van der Waals surface area contributed by atoms with Crippen molar-refractivity contribution < 1.29 is 9.84 Å². The SMILES string of the molecule is CCOc1ccc(NCc2cc(Cl)ccc2O)cc1. The third-order valence-electron chi connectivity index (χ3n) is 2.69. The van der Waals surface area contributed by atoms with Gasteiger partial charge in [0.25, 0.3) is 0 Å². The quantitative estimate of drug-likeness (QED) is 0.866. The number of benzene rings is 2. The molecule has 0 spiro atoms. The maximum atomic E-state index is 9.71. The highest BCUT2D eigenvalue weighted by Crippen LogP contribution is 2.23. The highest BCUT2D eigenvalue weighted by Gasteiger charge is 2.02. The molecular formula is C15H16ClNO2. The van der Waals surface area contributed by atoms with E-state index in [1.165, 1.54) is 0 Å². The van der Waals surface area contributed by atoms with E-state index in [0.717, 1.165) is 17.0 Å². The fourth-order valence-corrected chi connectivity index (χ4v) is 1.92. The molecule has 3 nitrogen and oxygen atoms in total. The lowest BCUT2D eigenvalue weighted by Gasteiger charge is -2.09. The second kappa shape index (κ2) is 6.34. The van der Waals surface area contributed by atoms with E-state index < -0.39 is 0 Å². The molecule has 0 saturated carbocycles. The maximum absolute atomic E-state index is 9.71. The monoisotopic (exact) mass is 277 g/mol. The molecule has 0 saturated heterocycles. The minimum absolute atomic E-state index is 0.239. The second-order valence-electron chi connectivity index (χ2n) is 4.08. The van der Waals surface area contributed by atoms with Crippen LogP contribution in [-0.2, 0) is 6.54 Å². The number of nitrogens with one attached hydrogen (secondary N) is 1. The molecule has 19 heavy (non-hydrogen) atoms.